The maximum absolute atomic E-state index is 13.8. The highest BCUT2D eigenvalue weighted by Gasteiger charge is 2.36. The van der Waals surface area contributed by atoms with Crippen molar-refractivity contribution in [2.75, 3.05) is 11.1 Å². The molecule has 0 unspecified atom stereocenters. The molecule has 1 amide bonds. The molecule has 2 aromatic heterocycles. The SMILES string of the molecule is Nc1c(C(=O)Nc2ccc(Cl)c(Cl)c2)sc2nc(-c3ccccc3)cc(C(F)(F)F)c12. The average molecular weight is 482 g/mol. The molecular formula is C21H12Cl2F3N3OS. The largest absolute Gasteiger partial charge is 0.417 e. The number of amides is 1. The van der Waals surface area contributed by atoms with Gasteiger partial charge < -0.3 is 11.1 Å². The van der Waals surface area contributed by atoms with Gasteiger partial charge in [0.1, 0.15) is 9.71 Å². The van der Waals surface area contributed by atoms with Crippen molar-refractivity contribution in [2.24, 2.45) is 0 Å². The Hall–Kier alpha value is -2.81. The van der Waals surface area contributed by atoms with Gasteiger partial charge in [0.2, 0.25) is 0 Å². The van der Waals surface area contributed by atoms with E-state index in [2.05, 4.69) is 10.3 Å². The molecule has 0 aliphatic heterocycles. The number of nitrogen functional groups attached to an aromatic ring is 1. The lowest BCUT2D eigenvalue weighted by atomic mass is 10.1. The minimum atomic E-state index is -4.68. The standard InChI is InChI=1S/C21H12Cl2F3N3OS/c22-13-7-6-11(8-14(13)23)28-19(30)18-17(27)16-12(21(24,25)26)9-15(29-20(16)31-18)10-4-2-1-3-5-10/h1-9H,27H2,(H,28,30). The van der Waals surface area contributed by atoms with E-state index in [-0.39, 0.29) is 31.5 Å². The number of fused-ring (bicyclic) bond motifs is 1. The van der Waals surface area contributed by atoms with Crippen LogP contribution in [0.2, 0.25) is 10.0 Å². The molecule has 0 aliphatic rings. The number of pyridine rings is 1. The number of halogens is 5. The van der Waals surface area contributed by atoms with Crippen LogP contribution in [0.15, 0.2) is 54.6 Å². The Labute approximate surface area is 188 Å². The predicted octanol–water partition coefficient (Wildman–Crippen LogP) is 7.12. The number of rotatable bonds is 3. The van der Waals surface area contributed by atoms with Crippen molar-refractivity contribution in [2.45, 2.75) is 6.18 Å². The van der Waals surface area contributed by atoms with Crippen LogP contribution in [0.25, 0.3) is 21.5 Å². The number of aromatic nitrogens is 1. The lowest BCUT2D eigenvalue weighted by Crippen LogP contribution is -2.12. The number of carbonyl (C=O) groups excluding carboxylic acids is 1. The lowest BCUT2D eigenvalue weighted by molar-refractivity contribution is -0.136. The maximum Gasteiger partial charge on any atom is 0.417 e. The second kappa shape index (κ2) is 8.03. The summed E-state index contributed by atoms with van der Waals surface area (Å²) in [5.74, 6) is -0.673. The number of nitrogens with two attached hydrogens (primary N) is 1. The van der Waals surface area contributed by atoms with Gasteiger partial charge in [-0.2, -0.15) is 13.2 Å². The molecule has 0 saturated carbocycles. The number of thiophene rings is 1. The van der Waals surface area contributed by atoms with Gasteiger partial charge in [0, 0.05) is 16.6 Å². The zero-order valence-electron chi connectivity index (χ0n) is 15.4. The number of benzene rings is 2. The molecule has 2 heterocycles. The third kappa shape index (κ3) is 4.19. The Balaban J connectivity index is 1.83. The van der Waals surface area contributed by atoms with Gasteiger partial charge in [-0.3, -0.25) is 4.79 Å². The molecule has 4 nitrogen and oxygen atoms in total. The first-order valence-corrected chi connectivity index (χ1v) is 10.3. The van der Waals surface area contributed by atoms with Gasteiger partial charge in [0.15, 0.2) is 0 Å². The second-order valence-corrected chi connectivity index (χ2v) is 8.34. The quantitative estimate of drug-likeness (QED) is 0.327. The highest BCUT2D eigenvalue weighted by atomic mass is 35.5. The van der Waals surface area contributed by atoms with Crippen LogP contribution in [0.1, 0.15) is 15.2 Å². The van der Waals surface area contributed by atoms with Crippen molar-refractivity contribution in [1.82, 2.24) is 4.98 Å². The van der Waals surface area contributed by atoms with Gasteiger partial charge in [0.25, 0.3) is 5.91 Å². The number of alkyl halides is 3. The number of nitrogens with one attached hydrogen (secondary N) is 1. The molecule has 4 aromatic rings. The summed E-state index contributed by atoms with van der Waals surface area (Å²) >= 11 is 12.6. The molecule has 2 aromatic carbocycles. The van der Waals surface area contributed by atoms with E-state index in [1.165, 1.54) is 18.2 Å². The summed E-state index contributed by atoms with van der Waals surface area (Å²) < 4.78 is 41.5. The van der Waals surface area contributed by atoms with Crippen molar-refractivity contribution in [3.8, 4) is 11.3 Å². The Bertz CT molecular complexity index is 1310. The molecule has 0 spiro atoms. The van der Waals surface area contributed by atoms with Crippen LogP contribution in [0.4, 0.5) is 24.5 Å². The summed E-state index contributed by atoms with van der Waals surface area (Å²) in [6.45, 7) is 0. The highest BCUT2D eigenvalue weighted by molar-refractivity contribution is 7.21. The third-order valence-electron chi connectivity index (χ3n) is 4.46. The van der Waals surface area contributed by atoms with E-state index < -0.39 is 17.6 Å². The van der Waals surface area contributed by atoms with Crippen LogP contribution in [0.3, 0.4) is 0 Å². The van der Waals surface area contributed by atoms with Crippen LogP contribution in [-0.2, 0) is 6.18 Å². The topological polar surface area (TPSA) is 68.0 Å². The lowest BCUT2D eigenvalue weighted by Gasteiger charge is -2.11. The van der Waals surface area contributed by atoms with Crippen molar-refractivity contribution in [3.05, 3.63) is 75.1 Å². The molecule has 10 heteroatoms. The highest BCUT2D eigenvalue weighted by Crippen LogP contribution is 2.43. The fraction of sp³-hybridized carbons (Fsp3) is 0.0476. The van der Waals surface area contributed by atoms with Gasteiger partial charge in [-0.25, -0.2) is 4.98 Å². The van der Waals surface area contributed by atoms with Crippen molar-refractivity contribution in [3.63, 3.8) is 0 Å². The van der Waals surface area contributed by atoms with E-state index in [1.807, 2.05) is 0 Å². The summed E-state index contributed by atoms with van der Waals surface area (Å²) in [6, 6.07) is 13.8. The monoisotopic (exact) mass is 481 g/mol. The maximum atomic E-state index is 13.8. The van der Waals surface area contributed by atoms with E-state index in [9.17, 15) is 18.0 Å². The van der Waals surface area contributed by atoms with E-state index in [0.717, 1.165) is 17.4 Å². The Morgan fingerprint density at radius 3 is 2.39 bits per heavy atom. The molecule has 31 heavy (non-hydrogen) atoms. The smallest absolute Gasteiger partial charge is 0.397 e. The van der Waals surface area contributed by atoms with Gasteiger partial charge in [-0.1, -0.05) is 53.5 Å². The van der Waals surface area contributed by atoms with E-state index >= 15 is 0 Å². The number of anilines is 2. The predicted molar refractivity (Wildman–Crippen MR) is 119 cm³/mol. The normalized spacial score (nSPS) is 11.6. The Morgan fingerprint density at radius 2 is 1.74 bits per heavy atom. The average Bonchev–Trinajstić information content (AvgIpc) is 3.06. The van der Waals surface area contributed by atoms with E-state index in [4.69, 9.17) is 28.9 Å². The molecular weight excluding hydrogens is 470 g/mol. The van der Waals surface area contributed by atoms with Gasteiger partial charge in [-0.05, 0) is 24.3 Å². The molecule has 0 radical (unpaired) electrons. The summed E-state index contributed by atoms with van der Waals surface area (Å²) in [7, 11) is 0. The molecule has 0 fully saturated rings. The van der Waals surface area contributed by atoms with Crippen LogP contribution in [-0.4, -0.2) is 10.9 Å². The minimum Gasteiger partial charge on any atom is -0.397 e. The number of hydrogen-bond donors (Lipinski definition) is 2. The fourth-order valence-corrected chi connectivity index (χ4v) is 4.34. The summed E-state index contributed by atoms with van der Waals surface area (Å²) in [6.07, 6.45) is -4.68. The minimum absolute atomic E-state index is 0.0190. The van der Waals surface area contributed by atoms with Crippen LogP contribution < -0.4 is 11.1 Å². The van der Waals surface area contributed by atoms with Crippen molar-refractivity contribution >= 4 is 62.0 Å². The first-order valence-electron chi connectivity index (χ1n) is 8.77. The first kappa shape index (κ1) is 21.4. The van der Waals surface area contributed by atoms with Gasteiger partial charge in [0.05, 0.1) is 27.0 Å². The van der Waals surface area contributed by atoms with Crippen LogP contribution in [0, 0.1) is 0 Å². The molecule has 158 valence electrons. The first-order chi connectivity index (χ1) is 14.6. The van der Waals surface area contributed by atoms with Gasteiger partial charge in [-0.15, -0.1) is 11.3 Å². The molecule has 0 bridgehead atoms. The van der Waals surface area contributed by atoms with Crippen molar-refractivity contribution < 1.29 is 18.0 Å². The number of carbonyl (C=O) groups is 1. The van der Waals surface area contributed by atoms with E-state index in [0.29, 0.717) is 16.3 Å². The van der Waals surface area contributed by atoms with Crippen LogP contribution in [0.5, 0.6) is 0 Å². The molecule has 0 aliphatic carbocycles. The number of hydrogen-bond acceptors (Lipinski definition) is 4. The summed E-state index contributed by atoms with van der Waals surface area (Å²) in [5.41, 5.74) is 5.75. The zero-order valence-corrected chi connectivity index (χ0v) is 17.8. The Kier molecular flexibility index (Phi) is 5.55. The summed E-state index contributed by atoms with van der Waals surface area (Å²) in [4.78, 5) is 17.0. The molecule has 3 N–H and O–H groups in total. The molecule has 0 saturated heterocycles. The van der Waals surface area contributed by atoms with Crippen LogP contribution >= 0.6 is 34.5 Å². The fourth-order valence-electron chi connectivity index (χ4n) is 3.03. The number of nitrogens with zero attached hydrogens (tertiary/aromatic N) is 1. The van der Waals surface area contributed by atoms with Crippen molar-refractivity contribution in [1.29, 1.82) is 0 Å². The second-order valence-electron chi connectivity index (χ2n) is 6.53. The van der Waals surface area contributed by atoms with E-state index in [1.54, 1.807) is 30.3 Å². The molecule has 4 rings (SSSR count). The third-order valence-corrected chi connectivity index (χ3v) is 6.29. The van der Waals surface area contributed by atoms with Gasteiger partial charge >= 0.3 is 6.18 Å². The molecule has 0 atom stereocenters. The zero-order chi connectivity index (χ0) is 22.3. The Morgan fingerprint density at radius 1 is 1.03 bits per heavy atom. The summed E-state index contributed by atoms with van der Waals surface area (Å²) in [5, 5.41) is 2.80.